The van der Waals surface area contributed by atoms with Crippen LogP contribution in [0.5, 0.6) is 0 Å². The molecule has 1 heteroatoms. The van der Waals surface area contributed by atoms with Gasteiger partial charge in [-0.1, -0.05) is 13.0 Å². The van der Waals surface area contributed by atoms with Gasteiger partial charge in [0.2, 0.25) is 0 Å². The molecular formula is C8H15N. The SMILES string of the molecule is CC1CCC=CNC1C. The van der Waals surface area contributed by atoms with Gasteiger partial charge in [-0.15, -0.1) is 0 Å². The third kappa shape index (κ3) is 1.74. The molecule has 0 aromatic rings. The van der Waals surface area contributed by atoms with Crippen LogP contribution in [-0.4, -0.2) is 6.04 Å². The Bertz CT molecular complexity index is 107. The molecule has 0 saturated heterocycles. The number of nitrogens with one attached hydrogen (secondary N) is 1. The molecule has 0 aliphatic carbocycles. The largest absolute Gasteiger partial charge is 0.388 e. The number of allylic oxidation sites excluding steroid dienone is 1. The Morgan fingerprint density at radius 3 is 3.00 bits per heavy atom. The molecule has 52 valence electrons. The zero-order valence-electron chi connectivity index (χ0n) is 6.22. The first-order valence-electron chi connectivity index (χ1n) is 3.72. The highest BCUT2D eigenvalue weighted by atomic mass is 14.9. The minimum Gasteiger partial charge on any atom is -0.388 e. The summed E-state index contributed by atoms with van der Waals surface area (Å²) in [7, 11) is 0. The molecule has 0 spiro atoms. The maximum Gasteiger partial charge on any atom is 0.0253 e. The van der Waals surface area contributed by atoms with E-state index in [2.05, 4.69) is 31.4 Å². The van der Waals surface area contributed by atoms with Crippen molar-refractivity contribution in [3.8, 4) is 0 Å². The Morgan fingerprint density at radius 2 is 2.22 bits per heavy atom. The highest BCUT2D eigenvalue weighted by Crippen LogP contribution is 2.13. The fraction of sp³-hybridized carbons (Fsp3) is 0.750. The molecule has 9 heavy (non-hydrogen) atoms. The lowest BCUT2D eigenvalue weighted by molar-refractivity contribution is 0.426. The first-order chi connectivity index (χ1) is 4.30. The standard InChI is InChI=1S/C8H15N/c1-7-5-3-4-6-9-8(7)2/h4,6-9H,3,5H2,1-2H3. The van der Waals surface area contributed by atoms with Crippen LogP contribution in [0.25, 0.3) is 0 Å². The summed E-state index contributed by atoms with van der Waals surface area (Å²) in [6.07, 6.45) is 6.84. The van der Waals surface area contributed by atoms with E-state index in [-0.39, 0.29) is 0 Å². The zero-order valence-corrected chi connectivity index (χ0v) is 6.22. The predicted molar refractivity (Wildman–Crippen MR) is 40.1 cm³/mol. The maximum atomic E-state index is 3.31. The molecule has 0 aromatic heterocycles. The van der Waals surface area contributed by atoms with Crippen LogP contribution in [-0.2, 0) is 0 Å². The molecule has 1 aliphatic rings. The molecule has 0 amide bonds. The summed E-state index contributed by atoms with van der Waals surface area (Å²) in [5.74, 6) is 0.819. The fourth-order valence-corrected chi connectivity index (χ4v) is 1.08. The van der Waals surface area contributed by atoms with E-state index in [1.807, 2.05) is 0 Å². The Balaban J connectivity index is 2.42. The lowest BCUT2D eigenvalue weighted by Gasteiger charge is -2.16. The number of rotatable bonds is 0. The second kappa shape index (κ2) is 2.90. The summed E-state index contributed by atoms with van der Waals surface area (Å²) in [6.45, 7) is 4.53. The lowest BCUT2D eigenvalue weighted by atomic mass is 9.99. The second-order valence-corrected chi connectivity index (χ2v) is 2.91. The van der Waals surface area contributed by atoms with Gasteiger partial charge in [-0.2, -0.15) is 0 Å². The molecule has 1 N–H and O–H groups in total. The summed E-state index contributed by atoms with van der Waals surface area (Å²) >= 11 is 0. The van der Waals surface area contributed by atoms with Crippen LogP contribution >= 0.6 is 0 Å². The Kier molecular flexibility index (Phi) is 2.15. The third-order valence-corrected chi connectivity index (χ3v) is 2.12. The molecule has 1 nitrogen and oxygen atoms in total. The Morgan fingerprint density at radius 1 is 1.44 bits per heavy atom. The van der Waals surface area contributed by atoms with E-state index >= 15 is 0 Å². The van der Waals surface area contributed by atoms with Gasteiger partial charge >= 0.3 is 0 Å². The number of hydrogen-bond donors (Lipinski definition) is 1. The van der Waals surface area contributed by atoms with Crippen molar-refractivity contribution in [2.45, 2.75) is 32.7 Å². The van der Waals surface area contributed by atoms with E-state index in [4.69, 9.17) is 0 Å². The molecular weight excluding hydrogens is 110 g/mol. The molecule has 0 bridgehead atoms. The highest BCUT2D eigenvalue weighted by molar-refractivity contribution is 4.88. The quantitative estimate of drug-likeness (QED) is 0.521. The highest BCUT2D eigenvalue weighted by Gasteiger charge is 2.10. The van der Waals surface area contributed by atoms with Crippen LogP contribution in [0.1, 0.15) is 26.7 Å². The fourth-order valence-electron chi connectivity index (χ4n) is 1.08. The van der Waals surface area contributed by atoms with Crippen molar-refractivity contribution in [1.82, 2.24) is 5.32 Å². The van der Waals surface area contributed by atoms with Gasteiger partial charge in [0.15, 0.2) is 0 Å². The molecule has 0 radical (unpaired) electrons. The van der Waals surface area contributed by atoms with Crippen molar-refractivity contribution in [1.29, 1.82) is 0 Å². The molecule has 0 fully saturated rings. The van der Waals surface area contributed by atoms with E-state index in [0.717, 1.165) is 5.92 Å². The van der Waals surface area contributed by atoms with Crippen molar-refractivity contribution >= 4 is 0 Å². The Labute approximate surface area is 57.1 Å². The molecule has 2 atom stereocenters. The van der Waals surface area contributed by atoms with Crippen LogP contribution in [0, 0.1) is 5.92 Å². The number of hydrogen-bond acceptors (Lipinski definition) is 1. The third-order valence-electron chi connectivity index (χ3n) is 2.12. The molecule has 1 heterocycles. The van der Waals surface area contributed by atoms with Crippen LogP contribution < -0.4 is 5.32 Å². The smallest absolute Gasteiger partial charge is 0.0253 e. The van der Waals surface area contributed by atoms with E-state index in [1.165, 1.54) is 12.8 Å². The molecule has 1 aliphatic heterocycles. The average Bonchev–Trinajstić information content (AvgIpc) is 1.99. The zero-order chi connectivity index (χ0) is 6.69. The van der Waals surface area contributed by atoms with E-state index in [9.17, 15) is 0 Å². The summed E-state index contributed by atoms with van der Waals surface area (Å²) in [5.41, 5.74) is 0. The van der Waals surface area contributed by atoms with Gasteiger partial charge in [0.05, 0.1) is 0 Å². The minimum atomic E-state index is 0.656. The maximum absolute atomic E-state index is 3.31. The van der Waals surface area contributed by atoms with Gasteiger partial charge in [0.1, 0.15) is 0 Å². The second-order valence-electron chi connectivity index (χ2n) is 2.91. The van der Waals surface area contributed by atoms with Crippen molar-refractivity contribution in [3.63, 3.8) is 0 Å². The van der Waals surface area contributed by atoms with Crippen LogP contribution in [0.15, 0.2) is 12.3 Å². The van der Waals surface area contributed by atoms with Crippen LogP contribution in [0.4, 0.5) is 0 Å². The molecule has 2 unspecified atom stereocenters. The topological polar surface area (TPSA) is 12.0 Å². The van der Waals surface area contributed by atoms with Gasteiger partial charge in [0, 0.05) is 6.04 Å². The molecule has 0 saturated carbocycles. The first kappa shape index (κ1) is 6.66. The van der Waals surface area contributed by atoms with Crippen molar-refractivity contribution in [2.24, 2.45) is 5.92 Å². The Hall–Kier alpha value is -0.460. The van der Waals surface area contributed by atoms with Gasteiger partial charge in [-0.25, -0.2) is 0 Å². The summed E-state index contributed by atoms with van der Waals surface area (Å²) in [5, 5.41) is 3.31. The van der Waals surface area contributed by atoms with Crippen molar-refractivity contribution in [2.75, 3.05) is 0 Å². The minimum absolute atomic E-state index is 0.656. The van der Waals surface area contributed by atoms with Crippen LogP contribution in [0.2, 0.25) is 0 Å². The van der Waals surface area contributed by atoms with E-state index in [1.54, 1.807) is 0 Å². The van der Waals surface area contributed by atoms with Gasteiger partial charge < -0.3 is 5.32 Å². The molecule has 0 aromatic carbocycles. The first-order valence-corrected chi connectivity index (χ1v) is 3.72. The lowest BCUT2D eigenvalue weighted by Crippen LogP contribution is -2.26. The summed E-state index contributed by atoms with van der Waals surface area (Å²) in [4.78, 5) is 0. The van der Waals surface area contributed by atoms with Crippen LogP contribution in [0.3, 0.4) is 0 Å². The predicted octanol–water partition coefficient (Wildman–Crippen LogP) is 1.91. The van der Waals surface area contributed by atoms with Crippen molar-refractivity contribution < 1.29 is 0 Å². The average molecular weight is 125 g/mol. The van der Waals surface area contributed by atoms with Gasteiger partial charge in [0.25, 0.3) is 0 Å². The van der Waals surface area contributed by atoms with Gasteiger partial charge in [-0.3, -0.25) is 0 Å². The van der Waals surface area contributed by atoms with E-state index in [0.29, 0.717) is 6.04 Å². The van der Waals surface area contributed by atoms with Crippen molar-refractivity contribution in [3.05, 3.63) is 12.3 Å². The van der Waals surface area contributed by atoms with E-state index < -0.39 is 0 Å². The summed E-state index contributed by atoms with van der Waals surface area (Å²) in [6, 6.07) is 0.656. The molecule has 1 rings (SSSR count). The van der Waals surface area contributed by atoms with Gasteiger partial charge in [-0.05, 0) is 31.9 Å². The normalized spacial score (nSPS) is 35.3. The monoisotopic (exact) mass is 125 g/mol. The summed E-state index contributed by atoms with van der Waals surface area (Å²) < 4.78 is 0.